The van der Waals surface area contributed by atoms with Crippen LogP contribution in [0.15, 0.2) is 36.5 Å². The number of nitrogen functional groups attached to an aromatic ring is 1. The number of fused-ring (bicyclic) bond motifs is 1. The second-order valence-electron chi connectivity index (χ2n) is 6.96. The van der Waals surface area contributed by atoms with Crippen molar-refractivity contribution in [3.05, 3.63) is 41.6 Å². The highest BCUT2D eigenvalue weighted by Gasteiger charge is 2.26. The van der Waals surface area contributed by atoms with Crippen LogP contribution in [-0.2, 0) is 11.3 Å². The maximum atomic E-state index is 12.8. The number of aromatic nitrogens is 3. The van der Waals surface area contributed by atoms with E-state index < -0.39 is 0 Å². The highest BCUT2D eigenvalue weighted by molar-refractivity contribution is 6.32. The van der Waals surface area contributed by atoms with Crippen LogP contribution in [0.25, 0.3) is 11.0 Å². The van der Waals surface area contributed by atoms with Crippen molar-refractivity contribution in [1.29, 1.82) is 0 Å². The van der Waals surface area contributed by atoms with Crippen molar-refractivity contribution in [3.8, 4) is 5.75 Å². The number of ketones is 1. The van der Waals surface area contributed by atoms with Crippen molar-refractivity contribution in [2.45, 2.75) is 19.4 Å². The Morgan fingerprint density at radius 1 is 1.32 bits per heavy atom. The van der Waals surface area contributed by atoms with Gasteiger partial charge < -0.3 is 15.4 Å². The van der Waals surface area contributed by atoms with Crippen molar-refractivity contribution in [3.63, 3.8) is 0 Å². The largest absolute Gasteiger partial charge is 0.495 e. The third kappa shape index (κ3) is 3.49. The summed E-state index contributed by atoms with van der Waals surface area (Å²) >= 11 is 6.11. The monoisotopic (exact) mass is 399 g/mol. The number of anilines is 2. The summed E-state index contributed by atoms with van der Waals surface area (Å²) < 4.78 is 6.92. The van der Waals surface area contributed by atoms with E-state index in [0.29, 0.717) is 22.2 Å². The van der Waals surface area contributed by atoms with E-state index in [-0.39, 0.29) is 18.2 Å². The lowest BCUT2D eigenvalue weighted by atomic mass is 9.92. The molecule has 0 bridgehead atoms. The lowest BCUT2D eigenvalue weighted by Crippen LogP contribution is -2.37. The molecule has 28 heavy (non-hydrogen) atoms. The maximum absolute atomic E-state index is 12.8. The van der Waals surface area contributed by atoms with Crippen molar-refractivity contribution in [2.24, 2.45) is 5.92 Å². The number of methoxy groups -OCH3 is 1. The van der Waals surface area contributed by atoms with Gasteiger partial charge in [0.1, 0.15) is 12.3 Å². The van der Waals surface area contributed by atoms with E-state index in [4.69, 9.17) is 22.1 Å². The predicted molar refractivity (Wildman–Crippen MR) is 110 cm³/mol. The predicted octanol–water partition coefficient (Wildman–Crippen LogP) is 3.16. The van der Waals surface area contributed by atoms with Gasteiger partial charge in [-0.25, -0.2) is 9.67 Å². The maximum Gasteiger partial charge on any atom is 0.160 e. The second-order valence-corrected chi connectivity index (χ2v) is 7.37. The number of rotatable bonds is 5. The van der Waals surface area contributed by atoms with Crippen LogP contribution in [0.5, 0.6) is 5.75 Å². The van der Waals surface area contributed by atoms with E-state index in [1.54, 1.807) is 18.0 Å². The molecule has 1 fully saturated rings. The Balaban J connectivity index is 1.41. The van der Waals surface area contributed by atoms with Gasteiger partial charge in [0, 0.05) is 37.0 Å². The van der Waals surface area contributed by atoms with E-state index in [9.17, 15) is 4.79 Å². The van der Waals surface area contributed by atoms with Gasteiger partial charge in [-0.3, -0.25) is 4.79 Å². The van der Waals surface area contributed by atoms with Crippen LogP contribution in [0.2, 0.25) is 5.02 Å². The molecule has 2 N–H and O–H groups in total. The summed E-state index contributed by atoms with van der Waals surface area (Å²) in [6, 6.07) is 9.44. The molecule has 0 unspecified atom stereocenters. The number of nitrogens with zero attached hydrogens (tertiary/aromatic N) is 4. The smallest absolute Gasteiger partial charge is 0.160 e. The highest BCUT2D eigenvalue weighted by Crippen LogP contribution is 2.31. The molecule has 3 aromatic rings. The zero-order valence-electron chi connectivity index (χ0n) is 15.6. The van der Waals surface area contributed by atoms with Gasteiger partial charge in [-0.2, -0.15) is 5.10 Å². The van der Waals surface area contributed by atoms with Gasteiger partial charge in [0.15, 0.2) is 17.2 Å². The molecule has 2 aromatic heterocycles. The van der Waals surface area contributed by atoms with Crippen LogP contribution in [0.4, 0.5) is 11.5 Å². The average molecular weight is 400 g/mol. The molecule has 4 rings (SSSR count). The SMILES string of the molecule is COc1cc(N2CCC(C(=O)Cn3nc(N)c4cccnc43)CC2)ccc1Cl. The number of piperidine rings is 1. The van der Waals surface area contributed by atoms with Crippen molar-refractivity contribution < 1.29 is 9.53 Å². The summed E-state index contributed by atoms with van der Waals surface area (Å²) in [4.78, 5) is 19.4. The number of Topliss-reactive ketones (excluding diaryl/α,β-unsaturated/α-hetero) is 1. The van der Waals surface area contributed by atoms with Crippen LogP contribution in [0.3, 0.4) is 0 Å². The first-order valence-corrected chi connectivity index (χ1v) is 9.63. The molecule has 0 radical (unpaired) electrons. The first kappa shape index (κ1) is 18.6. The highest BCUT2D eigenvalue weighted by atomic mass is 35.5. The molecular formula is C20H22ClN5O2. The fraction of sp³-hybridized carbons (Fsp3) is 0.350. The Hall–Kier alpha value is -2.80. The first-order chi connectivity index (χ1) is 13.6. The van der Waals surface area contributed by atoms with Crippen LogP contribution < -0.4 is 15.4 Å². The van der Waals surface area contributed by atoms with Gasteiger partial charge in [-0.05, 0) is 37.1 Å². The fourth-order valence-corrected chi connectivity index (χ4v) is 3.92. The van der Waals surface area contributed by atoms with Crippen LogP contribution in [0.1, 0.15) is 12.8 Å². The summed E-state index contributed by atoms with van der Waals surface area (Å²) in [6.45, 7) is 1.81. The van der Waals surface area contributed by atoms with Crippen molar-refractivity contribution in [1.82, 2.24) is 14.8 Å². The minimum Gasteiger partial charge on any atom is -0.495 e. The topological polar surface area (TPSA) is 86.3 Å². The summed E-state index contributed by atoms with van der Waals surface area (Å²) in [5.41, 5.74) is 7.65. The lowest BCUT2D eigenvalue weighted by Gasteiger charge is -2.33. The molecule has 1 aromatic carbocycles. The van der Waals surface area contributed by atoms with Gasteiger partial charge in [0.2, 0.25) is 0 Å². The number of nitrogens with two attached hydrogens (primary N) is 1. The summed E-state index contributed by atoms with van der Waals surface area (Å²) in [6.07, 6.45) is 3.28. The van der Waals surface area contributed by atoms with Crippen LogP contribution >= 0.6 is 11.6 Å². The Bertz CT molecular complexity index is 1010. The molecule has 1 aliphatic heterocycles. The van der Waals surface area contributed by atoms with Gasteiger partial charge in [-0.15, -0.1) is 0 Å². The normalized spacial score (nSPS) is 15.1. The van der Waals surface area contributed by atoms with E-state index in [1.165, 1.54) is 0 Å². The van der Waals surface area contributed by atoms with Gasteiger partial charge in [0.05, 0.1) is 17.5 Å². The molecule has 146 valence electrons. The van der Waals surface area contributed by atoms with E-state index >= 15 is 0 Å². The van der Waals surface area contributed by atoms with E-state index in [2.05, 4.69) is 15.0 Å². The first-order valence-electron chi connectivity index (χ1n) is 9.25. The lowest BCUT2D eigenvalue weighted by molar-refractivity contribution is -0.124. The third-order valence-corrected chi connectivity index (χ3v) is 5.60. The van der Waals surface area contributed by atoms with E-state index in [1.807, 2.05) is 30.3 Å². The number of hydrogen-bond acceptors (Lipinski definition) is 6. The Labute approximate surface area is 168 Å². The van der Waals surface area contributed by atoms with Gasteiger partial charge >= 0.3 is 0 Å². The number of pyridine rings is 1. The molecule has 1 aliphatic rings. The number of carbonyl (C=O) groups is 1. The molecule has 7 nitrogen and oxygen atoms in total. The van der Waals surface area contributed by atoms with Crippen molar-refractivity contribution in [2.75, 3.05) is 30.8 Å². The molecule has 0 spiro atoms. The summed E-state index contributed by atoms with van der Waals surface area (Å²) in [5.74, 6) is 1.24. The molecule has 8 heteroatoms. The summed E-state index contributed by atoms with van der Waals surface area (Å²) in [7, 11) is 1.61. The summed E-state index contributed by atoms with van der Waals surface area (Å²) in [5, 5.41) is 5.66. The Kier molecular flexibility index (Phi) is 5.09. The molecule has 0 aliphatic carbocycles. The number of benzene rings is 1. The average Bonchev–Trinajstić information content (AvgIpc) is 3.04. The quantitative estimate of drug-likeness (QED) is 0.709. The second kappa shape index (κ2) is 7.67. The standard InChI is InChI=1S/C20H22ClN5O2/c1-28-18-11-14(4-5-16(18)21)25-9-6-13(7-10-25)17(27)12-26-20-15(19(22)24-26)3-2-8-23-20/h2-5,8,11,13H,6-7,9-10,12H2,1H3,(H2,22,24). The number of carbonyl (C=O) groups excluding carboxylic acids is 1. The Morgan fingerprint density at radius 2 is 2.11 bits per heavy atom. The number of ether oxygens (including phenoxy) is 1. The van der Waals surface area contributed by atoms with E-state index in [0.717, 1.165) is 37.0 Å². The molecular weight excluding hydrogens is 378 g/mol. The zero-order chi connectivity index (χ0) is 19.7. The molecule has 1 saturated heterocycles. The number of halogens is 1. The molecule has 0 saturated carbocycles. The Morgan fingerprint density at radius 3 is 2.86 bits per heavy atom. The van der Waals surface area contributed by atoms with Crippen molar-refractivity contribution >= 4 is 39.9 Å². The minimum absolute atomic E-state index is 0.00892. The fourth-order valence-electron chi connectivity index (χ4n) is 3.73. The molecule has 0 atom stereocenters. The zero-order valence-corrected chi connectivity index (χ0v) is 16.4. The minimum atomic E-state index is 0.00892. The molecule has 0 amide bonds. The van der Waals surface area contributed by atoms with Crippen LogP contribution in [0, 0.1) is 5.92 Å². The van der Waals surface area contributed by atoms with Gasteiger partial charge in [0.25, 0.3) is 0 Å². The molecule has 3 heterocycles. The van der Waals surface area contributed by atoms with Crippen LogP contribution in [-0.4, -0.2) is 40.7 Å². The number of hydrogen-bond donors (Lipinski definition) is 1. The van der Waals surface area contributed by atoms with Gasteiger partial charge in [-0.1, -0.05) is 11.6 Å². The third-order valence-electron chi connectivity index (χ3n) is 5.29.